The lowest BCUT2D eigenvalue weighted by molar-refractivity contribution is 0.602. The Morgan fingerprint density at radius 3 is 2.88 bits per heavy atom. The smallest absolute Gasteiger partial charge is 0.239 e. The lowest BCUT2D eigenvalue weighted by Gasteiger charge is -2.13. The number of nitrogens with one attached hydrogen (secondary N) is 2. The Bertz CT molecular complexity index is 516. The maximum absolute atomic E-state index is 11.3. The number of aryl methyl sites for hydroxylation is 1. The van der Waals surface area contributed by atoms with Crippen molar-refractivity contribution in [1.82, 2.24) is 9.97 Å². The van der Waals surface area contributed by atoms with E-state index in [4.69, 9.17) is 5.84 Å². The summed E-state index contributed by atoms with van der Waals surface area (Å²) in [7, 11) is -2.89. The largest absolute Gasteiger partial charge is 0.366 e. The Morgan fingerprint density at radius 1 is 1.53 bits per heavy atom. The monoisotopic (exact) mass is 257 g/mol. The van der Waals surface area contributed by atoms with Crippen molar-refractivity contribution >= 4 is 21.6 Å². The molecule has 1 aromatic rings. The minimum atomic E-state index is -2.89. The molecular weight excluding hydrogens is 242 g/mol. The molecule has 0 aliphatic carbocycles. The molecule has 0 saturated carbocycles. The van der Waals surface area contributed by atoms with Gasteiger partial charge in [0.05, 0.1) is 11.5 Å². The van der Waals surface area contributed by atoms with Crippen molar-refractivity contribution in [3.8, 4) is 0 Å². The number of nitrogen functional groups attached to an aromatic ring is 1. The molecule has 2 rings (SSSR count). The summed E-state index contributed by atoms with van der Waals surface area (Å²) in [5.74, 6) is 6.53. The van der Waals surface area contributed by atoms with E-state index >= 15 is 0 Å². The summed E-state index contributed by atoms with van der Waals surface area (Å²) < 4.78 is 22.7. The highest BCUT2D eigenvalue weighted by molar-refractivity contribution is 7.91. The average Bonchev–Trinajstić information content (AvgIpc) is 2.61. The van der Waals surface area contributed by atoms with Gasteiger partial charge in [-0.3, -0.25) is 5.43 Å². The van der Waals surface area contributed by atoms with E-state index < -0.39 is 9.84 Å². The van der Waals surface area contributed by atoms with Crippen LogP contribution in [0.1, 0.15) is 12.0 Å². The average molecular weight is 257 g/mol. The summed E-state index contributed by atoms with van der Waals surface area (Å²) >= 11 is 0. The van der Waals surface area contributed by atoms with E-state index in [0.717, 1.165) is 5.56 Å². The van der Waals surface area contributed by atoms with Crippen LogP contribution in [-0.2, 0) is 9.84 Å². The number of aromatic nitrogens is 2. The minimum absolute atomic E-state index is 0.0841. The molecule has 1 aromatic heterocycles. The summed E-state index contributed by atoms with van der Waals surface area (Å²) in [5, 5.41) is 3.11. The minimum Gasteiger partial charge on any atom is -0.366 e. The van der Waals surface area contributed by atoms with Gasteiger partial charge in [0.2, 0.25) is 5.95 Å². The molecule has 1 unspecified atom stereocenters. The van der Waals surface area contributed by atoms with E-state index in [2.05, 4.69) is 20.7 Å². The first-order valence-corrected chi connectivity index (χ1v) is 7.09. The zero-order valence-electron chi connectivity index (χ0n) is 9.47. The van der Waals surface area contributed by atoms with E-state index in [0.29, 0.717) is 18.2 Å². The van der Waals surface area contributed by atoms with Crippen molar-refractivity contribution in [2.24, 2.45) is 5.84 Å². The zero-order valence-corrected chi connectivity index (χ0v) is 10.3. The first-order valence-electron chi connectivity index (χ1n) is 5.27. The first-order chi connectivity index (χ1) is 8.00. The second-order valence-corrected chi connectivity index (χ2v) is 6.34. The van der Waals surface area contributed by atoms with Crippen LogP contribution in [0.15, 0.2) is 6.20 Å². The number of nitrogens with two attached hydrogens (primary N) is 1. The second-order valence-electron chi connectivity index (χ2n) is 4.11. The standard InChI is InChI=1S/C9H15N5O2S/c1-6-4-11-9(14-10)13-8(6)12-7-2-3-17(15,16)5-7/h4,7H,2-3,5,10H2,1H3,(H2,11,12,13,14). The Balaban J connectivity index is 2.13. The molecule has 0 bridgehead atoms. The van der Waals surface area contributed by atoms with Crippen molar-refractivity contribution in [3.05, 3.63) is 11.8 Å². The van der Waals surface area contributed by atoms with E-state index in [1.165, 1.54) is 0 Å². The van der Waals surface area contributed by atoms with Crippen molar-refractivity contribution in [3.63, 3.8) is 0 Å². The van der Waals surface area contributed by atoms with Gasteiger partial charge >= 0.3 is 0 Å². The number of anilines is 2. The van der Waals surface area contributed by atoms with Crippen molar-refractivity contribution < 1.29 is 8.42 Å². The molecule has 0 aromatic carbocycles. The highest BCUT2D eigenvalue weighted by Gasteiger charge is 2.28. The molecular formula is C9H15N5O2S. The number of sulfone groups is 1. The fourth-order valence-corrected chi connectivity index (χ4v) is 3.43. The molecule has 2 heterocycles. The molecule has 94 valence electrons. The molecule has 7 nitrogen and oxygen atoms in total. The Morgan fingerprint density at radius 2 is 2.29 bits per heavy atom. The van der Waals surface area contributed by atoms with E-state index in [1.54, 1.807) is 6.20 Å². The predicted octanol–water partition coefficient (Wildman–Crippen LogP) is -0.330. The third kappa shape index (κ3) is 2.83. The summed E-state index contributed by atoms with van der Waals surface area (Å²) in [4.78, 5) is 8.10. The topological polar surface area (TPSA) is 110 Å². The van der Waals surface area contributed by atoms with Gasteiger partial charge in [-0.2, -0.15) is 4.98 Å². The number of hydrogen-bond donors (Lipinski definition) is 3. The molecule has 17 heavy (non-hydrogen) atoms. The third-order valence-corrected chi connectivity index (χ3v) is 4.44. The number of hydrogen-bond acceptors (Lipinski definition) is 7. The van der Waals surface area contributed by atoms with Crippen LogP contribution in [0.25, 0.3) is 0 Å². The van der Waals surface area contributed by atoms with E-state index in [9.17, 15) is 8.42 Å². The molecule has 1 fully saturated rings. The maximum Gasteiger partial charge on any atom is 0.239 e. The summed E-state index contributed by atoms with van der Waals surface area (Å²) in [5.41, 5.74) is 3.21. The molecule has 1 aliphatic heterocycles. The summed E-state index contributed by atoms with van der Waals surface area (Å²) in [6, 6.07) is -0.0841. The number of nitrogens with zero attached hydrogens (tertiary/aromatic N) is 2. The highest BCUT2D eigenvalue weighted by Crippen LogP contribution is 2.19. The van der Waals surface area contributed by atoms with Gasteiger partial charge < -0.3 is 5.32 Å². The van der Waals surface area contributed by atoms with E-state index in [-0.39, 0.29) is 17.5 Å². The second kappa shape index (κ2) is 4.46. The molecule has 8 heteroatoms. The SMILES string of the molecule is Cc1cnc(NN)nc1NC1CCS(=O)(=O)C1. The van der Waals surface area contributed by atoms with Gasteiger partial charge in [0.1, 0.15) is 5.82 Å². The van der Waals surface area contributed by atoms with Crippen LogP contribution < -0.4 is 16.6 Å². The van der Waals surface area contributed by atoms with Crippen LogP contribution in [0, 0.1) is 6.92 Å². The fraction of sp³-hybridized carbons (Fsp3) is 0.556. The normalized spacial score (nSPS) is 22.4. The van der Waals surface area contributed by atoms with Gasteiger partial charge in [0.15, 0.2) is 9.84 Å². The highest BCUT2D eigenvalue weighted by atomic mass is 32.2. The van der Waals surface area contributed by atoms with Crippen LogP contribution in [0.5, 0.6) is 0 Å². The Hall–Kier alpha value is -1.41. The third-order valence-electron chi connectivity index (χ3n) is 2.67. The maximum atomic E-state index is 11.3. The molecule has 1 saturated heterocycles. The van der Waals surface area contributed by atoms with Crippen molar-refractivity contribution in [1.29, 1.82) is 0 Å². The lowest BCUT2D eigenvalue weighted by atomic mass is 10.2. The van der Waals surface area contributed by atoms with Gasteiger partial charge in [-0.15, -0.1) is 0 Å². The van der Waals surface area contributed by atoms with Crippen LogP contribution in [0.3, 0.4) is 0 Å². The molecule has 4 N–H and O–H groups in total. The Kier molecular flexibility index (Phi) is 3.16. The molecule has 0 radical (unpaired) electrons. The van der Waals surface area contributed by atoms with Crippen molar-refractivity contribution in [2.75, 3.05) is 22.2 Å². The fourth-order valence-electron chi connectivity index (χ4n) is 1.76. The molecule has 1 atom stereocenters. The molecule has 0 spiro atoms. The summed E-state index contributed by atoms with van der Waals surface area (Å²) in [6.07, 6.45) is 2.24. The Labute approximate surface area is 99.7 Å². The summed E-state index contributed by atoms with van der Waals surface area (Å²) in [6.45, 7) is 1.85. The van der Waals surface area contributed by atoms with Crippen LogP contribution in [-0.4, -0.2) is 35.9 Å². The van der Waals surface area contributed by atoms with Crippen LogP contribution in [0.4, 0.5) is 11.8 Å². The lowest BCUT2D eigenvalue weighted by Crippen LogP contribution is -2.22. The number of rotatable bonds is 3. The number of hydrazine groups is 1. The van der Waals surface area contributed by atoms with Gasteiger partial charge in [0, 0.05) is 17.8 Å². The van der Waals surface area contributed by atoms with Gasteiger partial charge in [-0.25, -0.2) is 19.2 Å². The molecule has 0 amide bonds. The quantitative estimate of drug-likeness (QED) is 0.502. The van der Waals surface area contributed by atoms with E-state index in [1.807, 2.05) is 6.92 Å². The van der Waals surface area contributed by atoms with Gasteiger partial charge in [-0.05, 0) is 13.3 Å². The predicted molar refractivity (Wildman–Crippen MR) is 65.3 cm³/mol. The zero-order chi connectivity index (χ0) is 12.5. The van der Waals surface area contributed by atoms with Gasteiger partial charge in [0.25, 0.3) is 0 Å². The van der Waals surface area contributed by atoms with Crippen molar-refractivity contribution in [2.45, 2.75) is 19.4 Å². The van der Waals surface area contributed by atoms with Crippen LogP contribution >= 0.6 is 0 Å². The first kappa shape index (κ1) is 12.1. The van der Waals surface area contributed by atoms with Gasteiger partial charge in [-0.1, -0.05) is 0 Å². The molecule has 1 aliphatic rings. The van der Waals surface area contributed by atoms with Crippen LogP contribution in [0.2, 0.25) is 0 Å².